The van der Waals surface area contributed by atoms with Gasteiger partial charge in [0.25, 0.3) is 0 Å². The van der Waals surface area contributed by atoms with Crippen LogP contribution < -0.4 is 10.5 Å². The summed E-state index contributed by atoms with van der Waals surface area (Å²) in [5.74, 6) is 1.85. The van der Waals surface area contributed by atoms with E-state index in [0.29, 0.717) is 11.6 Å². The number of nitrogens with zero attached hydrogens (tertiary/aromatic N) is 2. The molecule has 2 rings (SSSR count). The van der Waals surface area contributed by atoms with Crippen molar-refractivity contribution in [3.63, 3.8) is 0 Å². The average Bonchev–Trinajstić information content (AvgIpc) is 2.41. The third-order valence-electron chi connectivity index (χ3n) is 2.61. The molecular weight excluding hydrogens is 294 g/mol. The number of methoxy groups -OCH3 is 1. The predicted octanol–water partition coefficient (Wildman–Crippen LogP) is 3.06. The summed E-state index contributed by atoms with van der Waals surface area (Å²) in [5, 5.41) is 0. The Morgan fingerprint density at radius 3 is 2.78 bits per heavy atom. The molecule has 2 aromatic rings. The van der Waals surface area contributed by atoms with Crippen LogP contribution in [0.1, 0.15) is 12.6 Å². The van der Waals surface area contributed by atoms with Gasteiger partial charge in [0, 0.05) is 5.56 Å². The Morgan fingerprint density at radius 2 is 2.11 bits per heavy atom. The number of nitrogen functional groups attached to an aromatic ring is 1. The fourth-order valence-electron chi connectivity index (χ4n) is 1.64. The van der Waals surface area contributed by atoms with Gasteiger partial charge in [-0.1, -0.05) is 19.1 Å². The number of ether oxygens (including phenoxy) is 1. The van der Waals surface area contributed by atoms with Gasteiger partial charge in [0.15, 0.2) is 5.82 Å². The minimum absolute atomic E-state index is 0.458. The van der Waals surface area contributed by atoms with Crippen molar-refractivity contribution >= 4 is 21.7 Å². The molecule has 5 heteroatoms. The van der Waals surface area contributed by atoms with E-state index in [1.165, 1.54) is 0 Å². The molecule has 1 aromatic heterocycles. The summed E-state index contributed by atoms with van der Waals surface area (Å²) in [6, 6.07) is 7.61. The maximum absolute atomic E-state index is 5.88. The molecule has 1 aromatic carbocycles. The first-order valence-electron chi connectivity index (χ1n) is 5.62. The van der Waals surface area contributed by atoms with Crippen molar-refractivity contribution in [2.75, 3.05) is 12.8 Å². The number of hydrogen-bond acceptors (Lipinski definition) is 4. The van der Waals surface area contributed by atoms with Gasteiger partial charge in [-0.15, -0.1) is 0 Å². The monoisotopic (exact) mass is 307 g/mol. The van der Waals surface area contributed by atoms with E-state index in [0.717, 1.165) is 27.9 Å². The normalized spacial score (nSPS) is 10.4. The van der Waals surface area contributed by atoms with Crippen LogP contribution in [-0.2, 0) is 6.42 Å². The topological polar surface area (TPSA) is 61.0 Å². The second kappa shape index (κ2) is 5.35. The van der Waals surface area contributed by atoms with E-state index in [9.17, 15) is 0 Å². The summed E-state index contributed by atoms with van der Waals surface area (Å²) >= 11 is 3.40. The van der Waals surface area contributed by atoms with Gasteiger partial charge < -0.3 is 10.5 Å². The smallest absolute Gasteiger partial charge is 0.161 e. The number of hydrogen-bond donors (Lipinski definition) is 1. The number of benzene rings is 1. The lowest BCUT2D eigenvalue weighted by Crippen LogP contribution is -2.02. The molecule has 0 aliphatic rings. The number of aryl methyl sites for hydroxylation is 1. The highest BCUT2D eigenvalue weighted by Gasteiger charge is 2.10. The molecule has 18 heavy (non-hydrogen) atoms. The molecular formula is C13H14BrN3O. The van der Waals surface area contributed by atoms with E-state index in [1.54, 1.807) is 7.11 Å². The zero-order valence-electron chi connectivity index (χ0n) is 10.3. The zero-order chi connectivity index (χ0) is 13.1. The van der Waals surface area contributed by atoms with E-state index >= 15 is 0 Å². The summed E-state index contributed by atoms with van der Waals surface area (Å²) in [4.78, 5) is 8.79. The van der Waals surface area contributed by atoms with Crippen LogP contribution in [0.2, 0.25) is 0 Å². The molecule has 0 fully saturated rings. The first-order chi connectivity index (χ1) is 8.65. The molecule has 0 atom stereocenters. The Labute approximate surface area is 114 Å². The molecule has 0 spiro atoms. The predicted molar refractivity (Wildman–Crippen MR) is 75.5 cm³/mol. The minimum atomic E-state index is 0.458. The maximum Gasteiger partial charge on any atom is 0.161 e. The van der Waals surface area contributed by atoms with E-state index in [1.807, 2.05) is 31.2 Å². The number of anilines is 1. The molecule has 2 N–H and O–H groups in total. The molecule has 94 valence electrons. The lowest BCUT2D eigenvalue weighted by Gasteiger charge is -2.08. The lowest BCUT2D eigenvalue weighted by atomic mass is 10.2. The van der Waals surface area contributed by atoms with Gasteiger partial charge in [-0.05, 0) is 34.5 Å². The largest absolute Gasteiger partial charge is 0.497 e. The van der Waals surface area contributed by atoms with Gasteiger partial charge in [0.2, 0.25) is 0 Å². The van der Waals surface area contributed by atoms with Gasteiger partial charge in [0.05, 0.1) is 17.3 Å². The number of aromatic nitrogens is 2. The quantitative estimate of drug-likeness (QED) is 0.946. The van der Waals surface area contributed by atoms with Crippen LogP contribution in [0.5, 0.6) is 5.75 Å². The van der Waals surface area contributed by atoms with Crippen molar-refractivity contribution in [1.29, 1.82) is 0 Å². The number of rotatable bonds is 3. The van der Waals surface area contributed by atoms with E-state index < -0.39 is 0 Å². The summed E-state index contributed by atoms with van der Waals surface area (Å²) in [7, 11) is 1.63. The SMILES string of the molecule is CCc1nc(-c2cccc(OC)c2)nc(N)c1Br. The summed E-state index contributed by atoms with van der Waals surface area (Å²) in [6.45, 7) is 2.03. The van der Waals surface area contributed by atoms with Gasteiger partial charge in [0.1, 0.15) is 11.6 Å². The van der Waals surface area contributed by atoms with E-state index in [4.69, 9.17) is 10.5 Å². The Balaban J connectivity index is 2.53. The highest BCUT2D eigenvalue weighted by Crippen LogP contribution is 2.27. The Bertz CT molecular complexity index is 572. The minimum Gasteiger partial charge on any atom is -0.497 e. The Kier molecular flexibility index (Phi) is 3.81. The molecule has 0 saturated heterocycles. The van der Waals surface area contributed by atoms with E-state index in [2.05, 4.69) is 25.9 Å². The fourth-order valence-corrected chi connectivity index (χ4v) is 2.10. The van der Waals surface area contributed by atoms with Crippen LogP contribution in [0.4, 0.5) is 5.82 Å². The third kappa shape index (κ3) is 2.46. The van der Waals surface area contributed by atoms with Crippen LogP contribution in [0.3, 0.4) is 0 Å². The first-order valence-corrected chi connectivity index (χ1v) is 6.41. The highest BCUT2D eigenvalue weighted by atomic mass is 79.9. The van der Waals surface area contributed by atoms with Crippen LogP contribution >= 0.6 is 15.9 Å². The second-order valence-electron chi connectivity index (χ2n) is 3.78. The summed E-state index contributed by atoms with van der Waals surface area (Å²) < 4.78 is 5.97. The molecule has 0 saturated carbocycles. The fraction of sp³-hybridized carbons (Fsp3) is 0.231. The van der Waals surface area contributed by atoms with Crippen LogP contribution in [-0.4, -0.2) is 17.1 Å². The van der Waals surface area contributed by atoms with Crippen LogP contribution in [0, 0.1) is 0 Å². The van der Waals surface area contributed by atoms with Gasteiger partial charge >= 0.3 is 0 Å². The Morgan fingerprint density at radius 1 is 1.33 bits per heavy atom. The van der Waals surface area contributed by atoms with Gasteiger partial charge in [-0.3, -0.25) is 0 Å². The Hall–Kier alpha value is -1.62. The molecule has 0 amide bonds. The van der Waals surface area contributed by atoms with Gasteiger partial charge in [-0.25, -0.2) is 9.97 Å². The standard InChI is InChI=1S/C13H14BrN3O/c1-3-10-11(14)12(15)17-13(16-10)8-5-4-6-9(7-8)18-2/h4-7H,3H2,1-2H3,(H2,15,16,17). The number of nitrogens with two attached hydrogens (primary N) is 1. The molecule has 0 aliphatic carbocycles. The molecule has 1 heterocycles. The second-order valence-corrected chi connectivity index (χ2v) is 4.57. The molecule has 0 aliphatic heterocycles. The number of halogens is 1. The van der Waals surface area contributed by atoms with Crippen LogP contribution in [0.25, 0.3) is 11.4 Å². The first kappa shape index (κ1) is 12.8. The van der Waals surface area contributed by atoms with Crippen molar-refractivity contribution in [2.24, 2.45) is 0 Å². The average molecular weight is 308 g/mol. The van der Waals surface area contributed by atoms with Gasteiger partial charge in [-0.2, -0.15) is 0 Å². The maximum atomic E-state index is 5.88. The molecule has 4 nitrogen and oxygen atoms in total. The van der Waals surface area contributed by atoms with Crippen molar-refractivity contribution < 1.29 is 4.74 Å². The summed E-state index contributed by atoms with van der Waals surface area (Å²) in [6.07, 6.45) is 0.796. The van der Waals surface area contributed by atoms with Crippen molar-refractivity contribution in [1.82, 2.24) is 9.97 Å². The van der Waals surface area contributed by atoms with Crippen LogP contribution in [0.15, 0.2) is 28.7 Å². The summed E-state index contributed by atoms with van der Waals surface area (Å²) in [5.41, 5.74) is 7.67. The molecule has 0 unspecified atom stereocenters. The molecule has 0 radical (unpaired) electrons. The van der Waals surface area contributed by atoms with Crippen molar-refractivity contribution in [3.8, 4) is 17.1 Å². The van der Waals surface area contributed by atoms with Crippen molar-refractivity contribution in [2.45, 2.75) is 13.3 Å². The lowest BCUT2D eigenvalue weighted by molar-refractivity contribution is 0.415. The van der Waals surface area contributed by atoms with E-state index in [-0.39, 0.29) is 0 Å². The third-order valence-corrected chi connectivity index (χ3v) is 3.47. The van der Waals surface area contributed by atoms with Crippen molar-refractivity contribution in [3.05, 3.63) is 34.4 Å². The highest BCUT2D eigenvalue weighted by molar-refractivity contribution is 9.10. The zero-order valence-corrected chi connectivity index (χ0v) is 11.9. The molecule has 0 bridgehead atoms.